The number of hydrogen-bond acceptors (Lipinski definition) is 7. The third-order valence-electron chi connectivity index (χ3n) is 5.11. The minimum atomic E-state index is -1.18. The van der Waals surface area contributed by atoms with Gasteiger partial charge in [0.1, 0.15) is 6.61 Å². The molecule has 0 saturated carbocycles. The van der Waals surface area contributed by atoms with E-state index in [0.717, 1.165) is 37.8 Å². The van der Waals surface area contributed by atoms with Crippen LogP contribution in [0.1, 0.15) is 23.2 Å². The minimum Gasteiger partial charge on any atom is -0.487 e. The van der Waals surface area contributed by atoms with Gasteiger partial charge < -0.3 is 26.0 Å². The first-order valence-electron chi connectivity index (χ1n) is 10.6. The zero-order valence-electron chi connectivity index (χ0n) is 17.9. The van der Waals surface area contributed by atoms with Crippen molar-refractivity contribution in [1.29, 1.82) is 0 Å². The molecule has 0 radical (unpaired) electrons. The largest absolute Gasteiger partial charge is 0.487 e. The molecule has 172 valence electrons. The summed E-state index contributed by atoms with van der Waals surface area (Å²) in [7, 11) is 0. The number of halogens is 2. The Hall–Kier alpha value is -3.79. The van der Waals surface area contributed by atoms with Gasteiger partial charge >= 0.3 is 0 Å². The smallest absolute Gasteiger partial charge is 0.258 e. The van der Waals surface area contributed by atoms with Crippen molar-refractivity contribution in [2.75, 3.05) is 41.8 Å². The highest BCUT2D eigenvalue weighted by Crippen LogP contribution is 2.30. The molecule has 3 aromatic rings. The third kappa shape index (κ3) is 5.35. The second kappa shape index (κ2) is 10.2. The number of nitrogens with zero attached hydrogens (tertiary/aromatic N) is 3. The SMILES string of the molecule is NCCOc1cnc(Nc2ccc(NC(=O)c3cccc(F)c3F)cc2)nc1N1CCCC1. The van der Waals surface area contributed by atoms with Crippen molar-refractivity contribution < 1.29 is 18.3 Å². The number of ether oxygens (including phenoxy) is 1. The van der Waals surface area contributed by atoms with Gasteiger partial charge in [-0.3, -0.25) is 4.79 Å². The summed E-state index contributed by atoms with van der Waals surface area (Å²) in [6.07, 6.45) is 3.81. The maximum absolute atomic E-state index is 13.8. The first-order chi connectivity index (χ1) is 16.0. The Morgan fingerprint density at radius 1 is 1.09 bits per heavy atom. The first kappa shape index (κ1) is 22.4. The molecule has 1 aliphatic heterocycles. The number of nitrogens with one attached hydrogen (secondary N) is 2. The van der Waals surface area contributed by atoms with Crippen molar-refractivity contribution in [2.45, 2.75) is 12.8 Å². The maximum atomic E-state index is 13.8. The molecule has 33 heavy (non-hydrogen) atoms. The number of nitrogens with two attached hydrogens (primary N) is 1. The Bertz CT molecular complexity index is 1120. The van der Waals surface area contributed by atoms with Crippen LogP contribution in [0.3, 0.4) is 0 Å². The number of carbonyl (C=O) groups is 1. The number of hydrogen-bond donors (Lipinski definition) is 3. The normalized spacial score (nSPS) is 13.1. The predicted molar refractivity (Wildman–Crippen MR) is 122 cm³/mol. The van der Waals surface area contributed by atoms with Crippen LogP contribution in [0.5, 0.6) is 5.75 Å². The van der Waals surface area contributed by atoms with Crippen molar-refractivity contribution in [1.82, 2.24) is 9.97 Å². The summed E-state index contributed by atoms with van der Waals surface area (Å²) >= 11 is 0. The summed E-state index contributed by atoms with van der Waals surface area (Å²) in [4.78, 5) is 23.4. The van der Waals surface area contributed by atoms with Crippen molar-refractivity contribution in [3.63, 3.8) is 0 Å². The molecule has 2 aromatic carbocycles. The number of carbonyl (C=O) groups excluding carboxylic acids is 1. The molecule has 0 bridgehead atoms. The van der Waals surface area contributed by atoms with E-state index in [1.807, 2.05) is 0 Å². The zero-order chi connectivity index (χ0) is 23.2. The Balaban J connectivity index is 1.45. The quantitative estimate of drug-likeness (QED) is 0.477. The molecule has 0 unspecified atom stereocenters. The van der Waals surface area contributed by atoms with Crippen LogP contribution < -0.4 is 26.0 Å². The molecule has 4 N–H and O–H groups in total. The van der Waals surface area contributed by atoms with Gasteiger partial charge in [-0.1, -0.05) is 6.07 Å². The Morgan fingerprint density at radius 3 is 2.55 bits per heavy atom. The fourth-order valence-corrected chi connectivity index (χ4v) is 3.49. The lowest BCUT2D eigenvalue weighted by Gasteiger charge is -2.20. The second-order valence-corrected chi connectivity index (χ2v) is 7.47. The molecule has 1 saturated heterocycles. The Morgan fingerprint density at radius 2 is 1.82 bits per heavy atom. The summed E-state index contributed by atoms with van der Waals surface area (Å²) in [5.41, 5.74) is 6.30. The summed E-state index contributed by atoms with van der Waals surface area (Å²) in [5.74, 6) is -1.28. The van der Waals surface area contributed by atoms with Gasteiger partial charge in [-0.15, -0.1) is 0 Å². The van der Waals surface area contributed by atoms with E-state index in [2.05, 4.69) is 25.5 Å². The lowest BCUT2D eigenvalue weighted by molar-refractivity contribution is 0.102. The molecule has 1 aliphatic rings. The number of amides is 1. The summed E-state index contributed by atoms with van der Waals surface area (Å²) in [6.45, 7) is 2.57. The van der Waals surface area contributed by atoms with Gasteiger partial charge in [-0.05, 0) is 49.2 Å². The molecule has 1 amide bonds. The average Bonchev–Trinajstić information content (AvgIpc) is 3.36. The van der Waals surface area contributed by atoms with E-state index < -0.39 is 17.5 Å². The summed E-state index contributed by atoms with van der Waals surface area (Å²) in [5, 5.41) is 5.68. The van der Waals surface area contributed by atoms with E-state index in [4.69, 9.17) is 10.5 Å². The van der Waals surface area contributed by atoms with Crippen LogP contribution >= 0.6 is 0 Å². The van der Waals surface area contributed by atoms with Crippen LogP contribution in [-0.2, 0) is 0 Å². The number of rotatable bonds is 8. The Labute approximate surface area is 189 Å². The van der Waals surface area contributed by atoms with E-state index in [-0.39, 0.29) is 5.56 Å². The van der Waals surface area contributed by atoms with Crippen molar-refractivity contribution in [2.24, 2.45) is 5.73 Å². The lowest BCUT2D eigenvalue weighted by Crippen LogP contribution is -2.21. The molecule has 2 heterocycles. The van der Waals surface area contributed by atoms with Crippen LogP contribution in [0.15, 0.2) is 48.7 Å². The van der Waals surface area contributed by atoms with E-state index in [1.165, 1.54) is 12.1 Å². The molecule has 4 rings (SSSR count). The van der Waals surface area contributed by atoms with Gasteiger partial charge in [0.05, 0.1) is 11.8 Å². The third-order valence-corrected chi connectivity index (χ3v) is 5.11. The van der Waals surface area contributed by atoms with Crippen LogP contribution in [0.4, 0.5) is 31.9 Å². The summed E-state index contributed by atoms with van der Waals surface area (Å²) < 4.78 is 32.9. The predicted octanol–water partition coefficient (Wildman–Crippen LogP) is 3.69. The highest BCUT2D eigenvalue weighted by molar-refractivity contribution is 6.04. The molecule has 1 aromatic heterocycles. The second-order valence-electron chi connectivity index (χ2n) is 7.47. The fraction of sp³-hybridized carbons (Fsp3) is 0.261. The maximum Gasteiger partial charge on any atom is 0.258 e. The molecule has 8 nitrogen and oxygen atoms in total. The molecule has 10 heteroatoms. The van der Waals surface area contributed by atoms with Gasteiger partial charge in [-0.25, -0.2) is 13.8 Å². The van der Waals surface area contributed by atoms with E-state index in [9.17, 15) is 13.6 Å². The number of benzene rings is 2. The molecular weight excluding hydrogens is 430 g/mol. The number of aromatic nitrogens is 2. The summed E-state index contributed by atoms with van der Waals surface area (Å²) in [6, 6.07) is 10.2. The van der Waals surface area contributed by atoms with Gasteiger partial charge in [0.25, 0.3) is 5.91 Å². The zero-order valence-corrected chi connectivity index (χ0v) is 17.9. The standard InChI is InChI=1S/C23H24F2N6O2/c24-18-5-3-4-17(20(18)25)22(32)28-15-6-8-16(9-7-15)29-23-27-14-19(33-13-10-26)21(30-23)31-11-1-2-12-31/h3-9,14H,1-2,10-13,26H2,(H,28,32)(H,27,29,30). The Kier molecular flexibility index (Phi) is 6.94. The van der Waals surface area contributed by atoms with Gasteiger partial charge in [0, 0.05) is 31.0 Å². The van der Waals surface area contributed by atoms with Crippen molar-refractivity contribution in [3.05, 3.63) is 65.9 Å². The number of anilines is 4. The minimum absolute atomic E-state index is 0.364. The molecule has 0 atom stereocenters. The average molecular weight is 454 g/mol. The van der Waals surface area contributed by atoms with Crippen molar-refractivity contribution >= 4 is 29.0 Å². The van der Waals surface area contributed by atoms with Crippen LogP contribution in [-0.4, -0.2) is 42.1 Å². The van der Waals surface area contributed by atoms with Crippen molar-refractivity contribution in [3.8, 4) is 5.75 Å². The highest BCUT2D eigenvalue weighted by Gasteiger charge is 2.20. The molecule has 1 fully saturated rings. The van der Waals surface area contributed by atoms with Crippen LogP contribution in [0.25, 0.3) is 0 Å². The van der Waals surface area contributed by atoms with E-state index >= 15 is 0 Å². The topological polar surface area (TPSA) is 105 Å². The molecular formula is C23H24F2N6O2. The van der Waals surface area contributed by atoms with E-state index in [1.54, 1.807) is 30.5 Å². The fourth-order valence-electron chi connectivity index (χ4n) is 3.49. The lowest BCUT2D eigenvalue weighted by atomic mass is 10.2. The van der Waals surface area contributed by atoms with Gasteiger partial charge in [0.15, 0.2) is 23.2 Å². The molecule has 0 aliphatic carbocycles. The first-order valence-corrected chi connectivity index (χ1v) is 10.6. The highest BCUT2D eigenvalue weighted by atomic mass is 19.2. The molecule has 0 spiro atoms. The van der Waals surface area contributed by atoms with Crippen LogP contribution in [0.2, 0.25) is 0 Å². The van der Waals surface area contributed by atoms with Crippen LogP contribution in [0, 0.1) is 11.6 Å². The van der Waals surface area contributed by atoms with Gasteiger partial charge in [0.2, 0.25) is 5.95 Å². The van der Waals surface area contributed by atoms with E-state index in [0.29, 0.717) is 36.2 Å². The van der Waals surface area contributed by atoms with Gasteiger partial charge in [-0.2, -0.15) is 4.98 Å². The monoisotopic (exact) mass is 454 g/mol.